The Kier molecular flexibility index (Phi) is 5.25. The fraction of sp³-hybridized carbons (Fsp3) is 0.476. The lowest BCUT2D eigenvalue weighted by molar-refractivity contribution is 0.148. The number of fused-ring (bicyclic) bond motifs is 2. The molecule has 0 N–H and O–H groups in total. The third-order valence-corrected chi connectivity index (χ3v) is 5.78. The Morgan fingerprint density at radius 2 is 2.07 bits per heavy atom. The van der Waals surface area contributed by atoms with Crippen molar-refractivity contribution in [3.05, 3.63) is 40.0 Å². The number of aryl methyl sites for hydroxylation is 2. The fourth-order valence-electron chi connectivity index (χ4n) is 4.03. The topological polar surface area (TPSA) is 56.1 Å². The first-order valence-corrected chi connectivity index (χ1v) is 10.2. The van der Waals surface area contributed by atoms with E-state index in [1.807, 2.05) is 11.6 Å². The molecule has 0 spiro atoms. The molecule has 4 rings (SSSR count). The van der Waals surface area contributed by atoms with Crippen molar-refractivity contribution in [3.63, 3.8) is 0 Å². The van der Waals surface area contributed by atoms with E-state index >= 15 is 0 Å². The molecule has 3 aromatic rings. The third kappa shape index (κ3) is 3.14. The van der Waals surface area contributed by atoms with Crippen LogP contribution in [0.2, 0.25) is 5.02 Å². The van der Waals surface area contributed by atoms with Crippen LogP contribution in [-0.4, -0.2) is 40.2 Å². The number of benzene rings is 1. The van der Waals surface area contributed by atoms with E-state index in [1.165, 1.54) is 11.1 Å². The summed E-state index contributed by atoms with van der Waals surface area (Å²) in [6, 6.07) is 6.52. The van der Waals surface area contributed by atoms with Crippen molar-refractivity contribution in [2.45, 2.75) is 46.1 Å². The van der Waals surface area contributed by atoms with Crippen molar-refractivity contribution in [1.82, 2.24) is 20.0 Å². The van der Waals surface area contributed by atoms with E-state index in [0.29, 0.717) is 6.61 Å². The summed E-state index contributed by atoms with van der Waals surface area (Å²) in [6.45, 7) is 7.74. The number of hydrogen-bond acceptors (Lipinski definition) is 5. The summed E-state index contributed by atoms with van der Waals surface area (Å²) < 4.78 is 7.35. The summed E-state index contributed by atoms with van der Waals surface area (Å²) in [5.41, 5.74) is 6.33. The number of nitrogens with zero attached hydrogens (tertiary/aromatic N) is 5. The number of halogens is 1. The summed E-state index contributed by atoms with van der Waals surface area (Å²) in [4.78, 5) is 7.03. The summed E-state index contributed by atoms with van der Waals surface area (Å²) >= 11 is 6.68. The molecule has 28 heavy (non-hydrogen) atoms. The van der Waals surface area contributed by atoms with E-state index < -0.39 is 0 Å². The van der Waals surface area contributed by atoms with E-state index in [4.69, 9.17) is 21.3 Å². The highest BCUT2D eigenvalue weighted by atomic mass is 35.5. The SMILES string of the molecule is CCc1cc(Cl)c2c(c1)CCN2c1nc(C)cc2c1nnn2C(CC)COC. The molecule has 1 aliphatic rings. The average Bonchev–Trinajstić information content (AvgIpc) is 3.30. The summed E-state index contributed by atoms with van der Waals surface area (Å²) in [6.07, 6.45) is 2.85. The van der Waals surface area contributed by atoms with Crippen molar-refractivity contribution in [2.24, 2.45) is 0 Å². The van der Waals surface area contributed by atoms with Gasteiger partial charge in [-0.05, 0) is 49.4 Å². The van der Waals surface area contributed by atoms with Crippen LogP contribution in [0.5, 0.6) is 0 Å². The van der Waals surface area contributed by atoms with Crippen LogP contribution < -0.4 is 4.90 Å². The maximum atomic E-state index is 6.68. The summed E-state index contributed by atoms with van der Waals surface area (Å²) in [5, 5.41) is 9.73. The molecule has 6 nitrogen and oxygen atoms in total. The second kappa shape index (κ2) is 7.68. The first-order chi connectivity index (χ1) is 13.6. The van der Waals surface area contributed by atoms with Crippen molar-refractivity contribution in [3.8, 4) is 0 Å². The lowest BCUT2D eigenvalue weighted by Crippen LogP contribution is -2.17. The van der Waals surface area contributed by atoms with Crippen LogP contribution >= 0.6 is 11.6 Å². The van der Waals surface area contributed by atoms with E-state index in [-0.39, 0.29) is 6.04 Å². The van der Waals surface area contributed by atoms with Crippen LogP contribution in [0, 0.1) is 6.92 Å². The number of rotatable bonds is 6. The number of pyridine rings is 1. The van der Waals surface area contributed by atoms with Gasteiger partial charge in [0.1, 0.15) is 0 Å². The van der Waals surface area contributed by atoms with Crippen LogP contribution in [0.25, 0.3) is 11.0 Å². The summed E-state index contributed by atoms with van der Waals surface area (Å²) in [7, 11) is 1.72. The van der Waals surface area contributed by atoms with Gasteiger partial charge in [0.05, 0.1) is 28.9 Å². The minimum atomic E-state index is 0.145. The maximum Gasteiger partial charge on any atom is 0.163 e. The van der Waals surface area contributed by atoms with Crippen molar-refractivity contribution < 1.29 is 4.74 Å². The first kappa shape index (κ1) is 19.2. The van der Waals surface area contributed by atoms with Gasteiger partial charge < -0.3 is 9.64 Å². The Labute approximate surface area is 170 Å². The fourth-order valence-corrected chi connectivity index (χ4v) is 4.39. The van der Waals surface area contributed by atoms with Gasteiger partial charge in [0.2, 0.25) is 0 Å². The Hall–Kier alpha value is -2.18. The van der Waals surface area contributed by atoms with Gasteiger partial charge >= 0.3 is 0 Å². The molecule has 1 atom stereocenters. The van der Waals surface area contributed by atoms with E-state index in [1.54, 1.807) is 7.11 Å². The molecule has 1 unspecified atom stereocenters. The largest absolute Gasteiger partial charge is 0.382 e. The van der Waals surface area contributed by atoms with Crippen LogP contribution in [0.3, 0.4) is 0 Å². The van der Waals surface area contributed by atoms with E-state index in [0.717, 1.165) is 59.1 Å². The quantitative estimate of drug-likeness (QED) is 0.604. The highest BCUT2D eigenvalue weighted by molar-refractivity contribution is 6.33. The number of hydrogen-bond donors (Lipinski definition) is 0. The van der Waals surface area contributed by atoms with E-state index in [2.05, 4.69) is 47.3 Å². The molecule has 0 aliphatic carbocycles. The smallest absolute Gasteiger partial charge is 0.163 e. The maximum absolute atomic E-state index is 6.68. The number of anilines is 2. The molecule has 0 radical (unpaired) electrons. The zero-order valence-corrected chi connectivity index (χ0v) is 17.6. The molecule has 0 saturated carbocycles. The lowest BCUT2D eigenvalue weighted by Gasteiger charge is -2.21. The Morgan fingerprint density at radius 3 is 2.79 bits per heavy atom. The number of aromatic nitrogens is 4. The van der Waals surface area contributed by atoms with Gasteiger partial charge in [0, 0.05) is 19.3 Å². The second-order valence-corrected chi connectivity index (χ2v) is 7.75. The molecule has 0 fully saturated rings. The molecule has 0 bridgehead atoms. The molecule has 3 heterocycles. The summed E-state index contributed by atoms with van der Waals surface area (Å²) in [5.74, 6) is 0.832. The van der Waals surface area contributed by atoms with Crippen molar-refractivity contribution >= 4 is 34.1 Å². The zero-order valence-electron chi connectivity index (χ0n) is 16.9. The van der Waals surface area contributed by atoms with Gasteiger partial charge in [0.25, 0.3) is 0 Å². The molecular formula is C21H26ClN5O. The van der Waals surface area contributed by atoms with Crippen molar-refractivity contribution in [2.75, 3.05) is 25.2 Å². The molecule has 148 valence electrons. The van der Waals surface area contributed by atoms with E-state index in [9.17, 15) is 0 Å². The first-order valence-electron chi connectivity index (χ1n) is 9.87. The minimum Gasteiger partial charge on any atom is -0.382 e. The number of methoxy groups -OCH3 is 1. The standard InChI is InChI=1S/C21H26ClN5O/c1-5-14-10-15-7-8-26(20(15)17(22)11-14)21-19-18(9-13(3)23-21)27(25-24-19)16(6-2)12-28-4/h9-11,16H,5-8,12H2,1-4H3. The Balaban J connectivity index is 1.85. The monoisotopic (exact) mass is 399 g/mol. The normalized spacial score (nSPS) is 14.7. The van der Waals surface area contributed by atoms with Gasteiger partial charge in [-0.15, -0.1) is 5.10 Å². The highest BCUT2D eigenvalue weighted by Gasteiger charge is 2.28. The molecule has 7 heteroatoms. The predicted octanol–water partition coefficient (Wildman–Crippen LogP) is 4.64. The Bertz CT molecular complexity index is 1020. The molecule has 1 aromatic carbocycles. The van der Waals surface area contributed by atoms with Crippen LogP contribution in [-0.2, 0) is 17.6 Å². The van der Waals surface area contributed by atoms with Gasteiger partial charge in [0.15, 0.2) is 11.3 Å². The van der Waals surface area contributed by atoms with Gasteiger partial charge in [-0.3, -0.25) is 0 Å². The molecule has 1 aliphatic heterocycles. The van der Waals surface area contributed by atoms with Gasteiger partial charge in [-0.2, -0.15) is 0 Å². The van der Waals surface area contributed by atoms with Crippen molar-refractivity contribution in [1.29, 1.82) is 0 Å². The zero-order chi connectivity index (χ0) is 19.8. The Morgan fingerprint density at radius 1 is 1.25 bits per heavy atom. The van der Waals surface area contributed by atoms with Crippen LogP contribution in [0.15, 0.2) is 18.2 Å². The predicted molar refractivity (Wildman–Crippen MR) is 113 cm³/mol. The minimum absolute atomic E-state index is 0.145. The molecular weight excluding hydrogens is 374 g/mol. The third-order valence-electron chi connectivity index (χ3n) is 5.49. The molecule has 0 amide bonds. The second-order valence-electron chi connectivity index (χ2n) is 7.35. The lowest BCUT2D eigenvalue weighted by atomic mass is 10.1. The average molecular weight is 400 g/mol. The molecule has 0 saturated heterocycles. The molecule has 2 aromatic heterocycles. The number of ether oxygens (including phenoxy) is 1. The van der Waals surface area contributed by atoms with Gasteiger partial charge in [-0.1, -0.05) is 36.7 Å². The highest BCUT2D eigenvalue weighted by Crippen LogP contribution is 2.42. The van der Waals surface area contributed by atoms with Crippen LogP contribution in [0.1, 0.15) is 43.1 Å². The van der Waals surface area contributed by atoms with Crippen LogP contribution in [0.4, 0.5) is 11.5 Å². The van der Waals surface area contributed by atoms with Gasteiger partial charge in [-0.25, -0.2) is 9.67 Å².